The minimum atomic E-state index is 0.651. The molecule has 0 aromatic carbocycles. The van der Waals surface area contributed by atoms with E-state index in [-0.39, 0.29) is 0 Å². The third-order valence-electron chi connectivity index (χ3n) is 2.20. The summed E-state index contributed by atoms with van der Waals surface area (Å²) in [7, 11) is 4.12. The van der Waals surface area contributed by atoms with Gasteiger partial charge in [-0.15, -0.1) is 5.10 Å². The minimum Gasteiger partial charge on any atom is -0.369 e. The van der Waals surface area contributed by atoms with E-state index in [1.165, 1.54) is 0 Å². The van der Waals surface area contributed by atoms with Crippen LogP contribution in [0.2, 0.25) is 0 Å². The van der Waals surface area contributed by atoms with E-state index in [0.29, 0.717) is 5.65 Å². The lowest BCUT2D eigenvalue weighted by Gasteiger charge is -2.10. The molecule has 16 heavy (non-hydrogen) atoms. The zero-order chi connectivity index (χ0) is 11.4. The number of aromatic nitrogens is 5. The van der Waals surface area contributed by atoms with E-state index in [1.807, 2.05) is 0 Å². The van der Waals surface area contributed by atoms with Crippen LogP contribution in [0.1, 0.15) is 6.42 Å². The number of hydrogen-bond donors (Lipinski definition) is 1. The van der Waals surface area contributed by atoms with Gasteiger partial charge in [0, 0.05) is 6.54 Å². The molecule has 0 fully saturated rings. The summed E-state index contributed by atoms with van der Waals surface area (Å²) < 4.78 is 1.64. The van der Waals surface area contributed by atoms with Crippen molar-refractivity contribution in [1.82, 2.24) is 29.9 Å². The molecule has 0 amide bonds. The van der Waals surface area contributed by atoms with Crippen molar-refractivity contribution in [3.8, 4) is 0 Å². The number of anilines is 1. The van der Waals surface area contributed by atoms with Gasteiger partial charge in [-0.2, -0.15) is 4.52 Å². The highest BCUT2D eigenvalue weighted by Gasteiger charge is 2.02. The highest BCUT2D eigenvalue weighted by Crippen LogP contribution is 2.05. The summed E-state index contributed by atoms with van der Waals surface area (Å²) in [5.74, 6) is 0.821. The van der Waals surface area contributed by atoms with Gasteiger partial charge >= 0.3 is 0 Å². The maximum absolute atomic E-state index is 4.06. The van der Waals surface area contributed by atoms with E-state index < -0.39 is 0 Å². The smallest absolute Gasteiger partial charge is 0.199 e. The van der Waals surface area contributed by atoms with Crippen LogP contribution in [0.4, 0.5) is 5.82 Å². The molecule has 7 heteroatoms. The van der Waals surface area contributed by atoms with Gasteiger partial charge in [-0.1, -0.05) is 0 Å². The number of rotatable bonds is 5. The molecule has 7 nitrogen and oxygen atoms in total. The van der Waals surface area contributed by atoms with Gasteiger partial charge in [-0.05, 0) is 37.5 Å². The van der Waals surface area contributed by atoms with Crippen molar-refractivity contribution in [2.75, 3.05) is 32.5 Å². The van der Waals surface area contributed by atoms with E-state index in [2.05, 4.69) is 44.8 Å². The maximum Gasteiger partial charge on any atom is 0.199 e. The Labute approximate surface area is 93.5 Å². The molecule has 0 saturated carbocycles. The maximum atomic E-state index is 4.06. The van der Waals surface area contributed by atoms with Crippen molar-refractivity contribution < 1.29 is 0 Å². The molecule has 2 rings (SSSR count). The Kier molecular flexibility index (Phi) is 3.25. The van der Waals surface area contributed by atoms with Crippen molar-refractivity contribution in [2.24, 2.45) is 0 Å². The lowest BCUT2D eigenvalue weighted by molar-refractivity contribution is 0.405. The average Bonchev–Trinajstić information content (AvgIpc) is 2.72. The van der Waals surface area contributed by atoms with Gasteiger partial charge in [0.25, 0.3) is 0 Å². The largest absolute Gasteiger partial charge is 0.369 e. The molecule has 0 aliphatic heterocycles. The molecule has 0 bridgehead atoms. The minimum absolute atomic E-state index is 0.651. The normalized spacial score (nSPS) is 11.2. The van der Waals surface area contributed by atoms with Gasteiger partial charge in [0.15, 0.2) is 5.65 Å². The van der Waals surface area contributed by atoms with Crippen molar-refractivity contribution in [1.29, 1.82) is 0 Å². The van der Waals surface area contributed by atoms with E-state index >= 15 is 0 Å². The fourth-order valence-corrected chi connectivity index (χ4v) is 1.41. The van der Waals surface area contributed by atoms with Crippen LogP contribution in [0.3, 0.4) is 0 Å². The van der Waals surface area contributed by atoms with Crippen LogP contribution < -0.4 is 5.32 Å². The summed E-state index contributed by atoms with van der Waals surface area (Å²) in [5, 5.41) is 14.6. The average molecular weight is 221 g/mol. The van der Waals surface area contributed by atoms with Crippen molar-refractivity contribution in [3.05, 3.63) is 12.4 Å². The predicted octanol–water partition coefficient (Wildman–Crippen LogP) is -0.117. The monoisotopic (exact) mass is 221 g/mol. The second kappa shape index (κ2) is 4.84. The molecule has 2 aromatic rings. The molecule has 86 valence electrons. The van der Waals surface area contributed by atoms with Gasteiger partial charge < -0.3 is 10.2 Å². The Bertz CT molecular complexity index is 450. The molecule has 0 aliphatic carbocycles. The second-order valence-corrected chi connectivity index (χ2v) is 3.83. The van der Waals surface area contributed by atoms with Gasteiger partial charge in [0.1, 0.15) is 5.82 Å². The van der Waals surface area contributed by atoms with Crippen molar-refractivity contribution >= 4 is 11.5 Å². The molecule has 0 unspecified atom stereocenters. The molecule has 0 radical (unpaired) electrons. The third kappa shape index (κ3) is 2.43. The number of fused-ring (bicyclic) bond motifs is 1. The first-order valence-electron chi connectivity index (χ1n) is 5.18. The van der Waals surface area contributed by atoms with Crippen molar-refractivity contribution in [2.45, 2.75) is 6.42 Å². The van der Waals surface area contributed by atoms with Gasteiger partial charge in [0.2, 0.25) is 0 Å². The van der Waals surface area contributed by atoms with E-state index in [9.17, 15) is 0 Å². The summed E-state index contributed by atoms with van der Waals surface area (Å²) in [6.07, 6.45) is 4.41. The summed E-state index contributed by atoms with van der Waals surface area (Å²) >= 11 is 0. The van der Waals surface area contributed by atoms with Crippen LogP contribution in [-0.4, -0.2) is 57.1 Å². The lowest BCUT2D eigenvalue weighted by atomic mass is 10.4. The van der Waals surface area contributed by atoms with Crippen LogP contribution in [0.15, 0.2) is 12.4 Å². The SMILES string of the molecule is CN(C)CCCNc1cncc2nnnn12. The molecule has 1 N–H and O–H groups in total. The zero-order valence-electron chi connectivity index (χ0n) is 9.46. The predicted molar refractivity (Wildman–Crippen MR) is 60.2 cm³/mol. The quantitative estimate of drug-likeness (QED) is 0.710. The Morgan fingerprint density at radius 2 is 2.25 bits per heavy atom. The highest BCUT2D eigenvalue weighted by molar-refractivity contribution is 5.43. The summed E-state index contributed by atoms with van der Waals surface area (Å²) in [4.78, 5) is 6.21. The molecule has 0 aliphatic rings. The Hall–Kier alpha value is -1.76. The molecule has 0 saturated heterocycles. The third-order valence-corrected chi connectivity index (χ3v) is 2.20. The Morgan fingerprint density at radius 3 is 3.06 bits per heavy atom. The fourth-order valence-electron chi connectivity index (χ4n) is 1.41. The van der Waals surface area contributed by atoms with Gasteiger partial charge in [-0.3, -0.25) is 4.98 Å². The fraction of sp³-hybridized carbons (Fsp3) is 0.556. The lowest BCUT2D eigenvalue weighted by Crippen LogP contribution is -2.17. The molecule has 0 spiro atoms. The van der Waals surface area contributed by atoms with Crippen LogP contribution in [0.25, 0.3) is 5.65 Å². The van der Waals surface area contributed by atoms with E-state index in [0.717, 1.165) is 25.3 Å². The van der Waals surface area contributed by atoms with Gasteiger partial charge in [0.05, 0.1) is 12.4 Å². The van der Waals surface area contributed by atoms with Crippen LogP contribution >= 0.6 is 0 Å². The first kappa shape index (κ1) is 10.7. The standard InChI is InChI=1S/C9H15N7/c1-15(2)5-3-4-11-8-6-10-7-9-12-13-14-16(8)9/h6-7,11H,3-5H2,1-2H3. The Morgan fingerprint density at radius 1 is 1.38 bits per heavy atom. The first-order chi connectivity index (χ1) is 7.77. The molecule has 2 heterocycles. The number of nitrogens with zero attached hydrogens (tertiary/aromatic N) is 6. The highest BCUT2D eigenvalue weighted by atomic mass is 15.5. The number of tetrazole rings is 1. The van der Waals surface area contributed by atoms with Crippen molar-refractivity contribution in [3.63, 3.8) is 0 Å². The molecule has 0 atom stereocenters. The second-order valence-electron chi connectivity index (χ2n) is 3.83. The topological polar surface area (TPSA) is 71.2 Å². The number of hydrogen-bond acceptors (Lipinski definition) is 6. The summed E-state index contributed by atoms with van der Waals surface area (Å²) in [5.41, 5.74) is 0.651. The zero-order valence-corrected chi connectivity index (χ0v) is 9.46. The van der Waals surface area contributed by atoms with Crippen LogP contribution in [-0.2, 0) is 0 Å². The van der Waals surface area contributed by atoms with E-state index in [1.54, 1.807) is 16.9 Å². The first-order valence-corrected chi connectivity index (χ1v) is 5.18. The van der Waals surface area contributed by atoms with Crippen LogP contribution in [0, 0.1) is 0 Å². The molecule has 2 aromatic heterocycles. The van der Waals surface area contributed by atoms with Gasteiger partial charge in [-0.25, -0.2) is 0 Å². The summed E-state index contributed by atoms with van der Waals surface area (Å²) in [6.45, 7) is 1.92. The Balaban J connectivity index is 1.96. The molecular formula is C9H15N7. The number of nitrogens with one attached hydrogen (secondary N) is 1. The van der Waals surface area contributed by atoms with E-state index in [4.69, 9.17) is 0 Å². The summed E-state index contributed by atoms with van der Waals surface area (Å²) in [6, 6.07) is 0. The molecular weight excluding hydrogens is 206 g/mol. The van der Waals surface area contributed by atoms with Crippen LogP contribution in [0.5, 0.6) is 0 Å².